The largest absolute Gasteiger partial charge is 0.396 e. The van der Waals surface area contributed by atoms with Gasteiger partial charge < -0.3 is 10.0 Å². The standard InChI is InChI=1S/C13H18BrNO/c1-9(8-16)10-3-4-12(13(14)5-10)11-6-15(2)7-11/h3-5,9,11,16H,6-8H2,1-2H3. The number of halogens is 1. The topological polar surface area (TPSA) is 23.5 Å². The Labute approximate surface area is 105 Å². The number of likely N-dealkylation sites (N-methyl/N-ethyl adjacent to an activating group) is 1. The van der Waals surface area contributed by atoms with E-state index in [9.17, 15) is 0 Å². The van der Waals surface area contributed by atoms with Crippen molar-refractivity contribution in [2.24, 2.45) is 0 Å². The molecule has 1 N–H and O–H groups in total. The van der Waals surface area contributed by atoms with Gasteiger partial charge in [0.15, 0.2) is 0 Å². The van der Waals surface area contributed by atoms with Crippen LogP contribution >= 0.6 is 15.9 Å². The predicted molar refractivity (Wildman–Crippen MR) is 69.9 cm³/mol. The zero-order valence-corrected chi connectivity index (χ0v) is 11.4. The summed E-state index contributed by atoms with van der Waals surface area (Å²) < 4.78 is 1.18. The Morgan fingerprint density at radius 1 is 1.50 bits per heavy atom. The number of nitrogens with zero attached hydrogens (tertiary/aromatic N) is 1. The lowest BCUT2D eigenvalue weighted by Crippen LogP contribution is -2.41. The van der Waals surface area contributed by atoms with Crippen LogP contribution in [0.25, 0.3) is 0 Å². The van der Waals surface area contributed by atoms with Gasteiger partial charge in [0.1, 0.15) is 0 Å². The van der Waals surface area contributed by atoms with Gasteiger partial charge in [-0.25, -0.2) is 0 Å². The summed E-state index contributed by atoms with van der Waals surface area (Å²) in [5, 5.41) is 9.13. The Hall–Kier alpha value is -0.380. The molecule has 1 saturated heterocycles. The minimum Gasteiger partial charge on any atom is -0.396 e. The first kappa shape index (κ1) is 12.1. The van der Waals surface area contributed by atoms with Crippen molar-refractivity contribution >= 4 is 15.9 Å². The lowest BCUT2D eigenvalue weighted by atomic mass is 9.90. The molecule has 16 heavy (non-hydrogen) atoms. The highest BCUT2D eigenvalue weighted by Crippen LogP contribution is 2.33. The Kier molecular flexibility index (Phi) is 3.67. The molecule has 1 aliphatic heterocycles. The summed E-state index contributed by atoms with van der Waals surface area (Å²) in [6.07, 6.45) is 0. The SMILES string of the molecule is CC(CO)c1ccc(C2CN(C)C2)c(Br)c1. The fourth-order valence-electron chi connectivity index (χ4n) is 2.18. The van der Waals surface area contributed by atoms with E-state index in [1.54, 1.807) is 0 Å². The second kappa shape index (κ2) is 4.86. The molecule has 1 aromatic rings. The summed E-state index contributed by atoms with van der Waals surface area (Å²) in [4.78, 5) is 2.32. The van der Waals surface area contributed by atoms with Gasteiger partial charge in [-0.1, -0.05) is 35.0 Å². The van der Waals surface area contributed by atoms with Gasteiger partial charge in [-0.05, 0) is 24.2 Å². The third kappa shape index (κ3) is 2.31. The van der Waals surface area contributed by atoms with E-state index in [4.69, 9.17) is 5.11 Å². The van der Waals surface area contributed by atoms with Gasteiger partial charge in [-0.15, -0.1) is 0 Å². The van der Waals surface area contributed by atoms with E-state index in [0.717, 1.165) is 13.1 Å². The highest BCUT2D eigenvalue weighted by molar-refractivity contribution is 9.10. The van der Waals surface area contributed by atoms with E-state index in [1.807, 2.05) is 6.92 Å². The summed E-state index contributed by atoms with van der Waals surface area (Å²) in [6.45, 7) is 4.54. The third-order valence-electron chi connectivity index (χ3n) is 3.37. The zero-order chi connectivity index (χ0) is 11.7. The molecule has 0 aromatic heterocycles. The minimum atomic E-state index is 0.206. The van der Waals surface area contributed by atoms with Gasteiger partial charge in [0.2, 0.25) is 0 Å². The molecule has 1 aliphatic rings. The second-order valence-corrected chi connectivity index (χ2v) is 5.64. The summed E-state index contributed by atoms with van der Waals surface area (Å²) >= 11 is 3.64. The summed E-state index contributed by atoms with van der Waals surface area (Å²) in [5.74, 6) is 0.882. The van der Waals surface area contributed by atoms with Crippen molar-refractivity contribution in [3.63, 3.8) is 0 Å². The normalized spacial score (nSPS) is 19.5. The number of rotatable bonds is 3. The van der Waals surface area contributed by atoms with Crippen LogP contribution in [0.15, 0.2) is 22.7 Å². The molecular formula is C13H18BrNO. The van der Waals surface area contributed by atoms with Gasteiger partial charge in [-0.3, -0.25) is 0 Å². The summed E-state index contributed by atoms with van der Waals surface area (Å²) in [7, 11) is 2.15. The molecule has 1 atom stereocenters. The van der Waals surface area contributed by atoms with E-state index in [2.05, 4.69) is 46.1 Å². The zero-order valence-electron chi connectivity index (χ0n) is 9.78. The first-order valence-electron chi connectivity index (χ1n) is 5.70. The van der Waals surface area contributed by atoms with Crippen molar-refractivity contribution < 1.29 is 5.11 Å². The van der Waals surface area contributed by atoms with Crippen LogP contribution in [0.3, 0.4) is 0 Å². The molecule has 1 heterocycles. The lowest BCUT2D eigenvalue weighted by molar-refractivity contribution is 0.189. The monoisotopic (exact) mass is 283 g/mol. The van der Waals surface area contributed by atoms with Gasteiger partial charge >= 0.3 is 0 Å². The second-order valence-electron chi connectivity index (χ2n) is 4.78. The van der Waals surface area contributed by atoms with E-state index >= 15 is 0 Å². The molecule has 0 saturated carbocycles. The molecule has 0 aliphatic carbocycles. The summed E-state index contributed by atoms with van der Waals surface area (Å²) in [5.41, 5.74) is 2.60. The van der Waals surface area contributed by atoms with E-state index < -0.39 is 0 Å². The van der Waals surface area contributed by atoms with Crippen LogP contribution in [0.4, 0.5) is 0 Å². The molecule has 88 valence electrons. The Morgan fingerprint density at radius 3 is 2.69 bits per heavy atom. The Balaban J connectivity index is 2.17. The van der Waals surface area contributed by atoms with Crippen molar-refractivity contribution in [3.05, 3.63) is 33.8 Å². The quantitative estimate of drug-likeness (QED) is 0.922. The molecular weight excluding hydrogens is 266 g/mol. The van der Waals surface area contributed by atoms with Crippen LogP contribution in [0.5, 0.6) is 0 Å². The van der Waals surface area contributed by atoms with Crippen LogP contribution < -0.4 is 0 Å². The number of hydrogen-bond donors (Lipinski definition) is 1. The Morgan fingerprint density at radius 2 is 2.19 bits per heavy atom. The molecule has 0 amide bonds. The van der Waals surface area contributed by atoms with Crippen LogP contribution in [0, 0.1) is 0 Å². The van der Waals surface area contributed by atoms with Crippen molar-refractivity contribution in [2.45, 2.75) is 18.8 Å². The van der Waals surface area contributed by atoms with Crippen molar-refractivity contribution in [1.82, 2.24) is 4.90 Å². The van der Waals surface area contributed by atoms with Gasteiger partial charge in [0, 0.05) is 36.0 Å². The van der Waals surface area contributed by atoms with E-state index in [0.29, 0.717) is 5.92 Å². The lowest BCUT2D eigenvalue weighted by Gasteiger charge is -2.37. The van der Waals surface area contributed by atoms with Gasteiger partial charge in [-0.2, -0.15) is 0 Å². The number of likely N-dealkylation sites (tertiary alicyclic amines) is 1. The molecule has 1 unspecified atom stereocenters. The van der Waals surface area contributed by atoms with Crippen LogP contribution in [0.1, 0.15) is 29.9 Å². The molecule has 0 bridgehead atoms. The highest BCUT2D eigenvalue weighted by Gasteiger charge is 2.26. The van der Waals surface area contributed by atoms with Gasteiger partial charge in [0.05, 0.1) is 0 Å². The van der Waals surface area contributed by atoms with Crippen LogP contribution in [-0.2, 0) is 0 Å². The van der Waals surface area contributed by atoms with E-state index in [-0.39, 0.29) is 12.5 Å². The fourth-order valence-corrected chi connectivity index (χ4v) is 2.90. The molecule has 1 fully saturated rings. The molecule has 2 nitrogen and oxygen atoms in total. The maximum absolute atomic E-state index is 9.13. The fraction of sp³-hybridized carbons (Fsp3) is 0.538. The highest BCUT2D eigenvalue weighted by atomic mass is 79.9. The van der Waals surface area contributed by atoms with Gasteiger partial charge in [0.25, 0.3) is 0 Å². The Bertz CT molecular complexity index is 374. The number of aliphatic hydroxyl groups excluding tert-OH is 1. The van der Waals surface area contributed by atoms with Crippen molar-refractivity contribution in [3.8, 4) is 0 Å². The number of aliphatic hydroxyl groups is 1. The van der Waals surface area contributed by atoms with Crippen molar-refractivity contribution in [2.75, 3.05) is 26.7 Å². The predicted octanol–water partition coefficient (Wildman–Crippen LogP) is 2.57. The first-order valence-corrected chi connectivity index (χ1v) is 6.50. The molecule has 2 rings (SSSR count). The molecule has 0 radical (unpaired) electrons. The van der Waals surface area contributed by atoms with Crippen LogP contribution in [0.2, 0.25) is 0 Å². The molecule has 1 aromatic carbocycles. The minimum absolute atomic E-state index is 0.206. The summed E-state index contributed by atoms with van der Waals surface area (Å²) in [6, 6.07) is 6.48. The first-order chi connectivity index (χ1) is 7.61. The maximum Gasteiger partial charge on any atom is 0.0497 e. The maximum atomic E-state index is 9.13. The third-order valence-corrected chi connectivity index (χ3v) is 4.06. The number of benzene rings is 1. The molecule has 0 spiro atoms. The molecule has 3 heteroatoms. The number of hydrogen-bond acceptors (Lipinski definition) is 2. The average Bonchev–Trinajstić information content (AvgIpc) is 2.24. The van der Waals surface area contributed by atoms with Crippen molar-refractivity contribution in [1.29, 1.82) is 0 Å². The van der Waals surface area contributed by atoms with E-state index in [1.165, 1.54) is 15.6 Å². The average molecular weight is 284 g/mol. The smallest absolute Gasteiger partial charge is 0.0497 e. The van der Waals surface area contributed by atoms with Crippen LogP contribution in [-0.4, -0.2) is 36.8 Å².